The van der Waals surface area contributed by atoms with E-state index < -0.39 is 0 Å². The average molecular weight is 330 g/mol. The summed E-state index contributed by atoms with van der Waals surface area (Å²) in [4.78, 5) is 30.0. The number of urea groups is 1. The fraction of sp³-hybridized carbons (Fsp3) is 0.556. The number of benzene rings is 1. The van der Waals surface area contributed by atoms with E-state index in [1.54, 1.807) is 0 Å². The van der Waals surface area contributed by atoms with Gasteiger partial charge in [-0.3, -0.25) is 4.79 Å². The molecule has 24 heavy (non-hydrogen) atoms. The van der Waals surface area contributed by atoms with E-state index in [0.29, 0.717) is 6.42 Å². The lowest BCUT2D eigenvalue weighted by Gasteiger charge is -2.38. The second kappa shape index (κ2) is 7.11. The van der Waals surface area contributed by atoms with Crippen LogP contribution < -0.4 is 10.2 Å². The van der Waals surface area contributed by atoms with Crippen LogP contribution in [-0.2, 0) is 11.2 Å². The molecule has 0 saturated carbocycles. The van der Waals surface area contributed by atoms with Gasteiger partial charge in [0.2, 0.25) is 5.91 Å². The summed E-state index contributed by atoms with van der Waals surface area (Å²) in [6.45, 7) is 8.74. The molecule has 6 nitrogen and oxygen atoms in total. The summed E-state index contributed by atoms with van der Waals surface area (Å²) in [5.41, 5.74) is 3.32. The third-order valence-corrected chi connectivity index (χ3v) is 4.93. The molecule has 0 spiro atoms. The van der Waals surface area contributed by atoms with Crippen molar-refractivity contribution in [2.45, 2.75) is 26.7 Å². The Bertz CT molecular complexity index is 619. The Morgan fingerprint density at radius 2 is 1.83 bits per heavy atom. The van der Waals surface area contributed by atoms with Crippen molar-refractivity contribution in [2.24, 2.45) is 0 Å². The largest absolute Gasteiger partial charge is 0.368 e. The first-order chi connectivity index (χ1) is 11.6. The fourth-order valence-corrected chi connectivity index (χ4v) is 3.42. The zero-order valence-corrected chi connectivity index (χ0v) is 14.5. The molecule has 0 aromatic heterocycles. The van der Waals surface area contributed by atoms with Crippen LogP contribution in [0.4, 0.5) is 16.2 Å². The molecule has 0 bridgehead atoms. The zero-order valence-electron chi connectivity index (χ0n) is 14.5. The van der Waals surface area contributed by atoms with Gasteiger partial charge in [0.15, 0.2) is 0 Å². The Kier molecular flexibility index (Phi) is 4.92. The maximum Gasteiger partial charge on any atom is 0.320 e. The van der Waals surface area contributed by atoms with Gasteiger partial charge in [-0.2, -0.15) is 0 Å². The Morgan fingerprint density at radius 3 is 2.50 bits per heavy atom. The molecule has 0 atom stereocenters. The van der Waals surface area contributed by atoms with Gasteiger partial charge in [-0.1, -0.05) is 0 Å². The van der Waals surface area contributed by atoms with E-state index >= 15 is 0 Å². The molecule has 1 aromatic rings. The molecule has 2 heterocycles. The second-order valence-electron chi connectivity index (χ2n) is 6.32. The number of hydrogen-bond donors (Lipinski definition) is 1. The van der Waals surface area contributed by atoms with E-state index in [-0.39, 0.29) is 11.9 Å². The summed E-state index contributed by atoms with van der Waals surface area (Å²) in [6, 6.07) is 6.38. The summed E-state index contributed by atoms with van der Waals surface area (Å²) < 4.78 is 0. The van der Waals surface area contributed by atoms with Crippen LogP contribution in [0.15, 0.2) is 18.2 Å². The van der Waals surface area contributed by atoms with Crippen LogP contribution in [-0.4, -0.2) is 61.0 Å². The Balaban J connectivity index is 1.63. The molecular weight excluding hydrogens is 304 g/mol. The van der Waals surface area contributed by atoms with Crippen LogP contribution in [0.25, 0.3) is 0 Å². The van der Waals surface area contributed by atoms with Crippen molar-refractivity contribution in [3.8, 4) is 0 Å². The van der Waals surface area contributed by atoms with E-state index in [9.17, 15) is 9.59 Å². The van der Waals surface area contributed by atoms with Gasteiger partial charge in [-0.25, -0.2) is 4.79 Å². The Labute approximate surface area is 143 Å². The zero-order chi connectivity index (χ0) is 17.1. The van der Waals surface area contributed by atoms with Crippen molar-refractivity contribution < 1.29 is 9.59 Å². The number of rotatable bonds is 3. The highest BCUT2D eigenvalue weighted by Gasteiger charge is 2.24. The maximum absolute atomic E-state index is 12.4. The van der Waals surface area contributed by atoms with Gasteiger partial charge in [0, 0.05) is 57.1 Å². The summed E-state index contributed by atoms with van der Waals surface area (Å²) >= 11 is 0. The van der Waals surface area contributed by atoms with Crippen molar-refractivity contribution in [2.75, 3.05) is 49.5 Å². The monoisotopic (exact) mass is 330 g/mol. The van der Waals surface area contributed by atoms with Crippen LogP contribution in [0.3, 0.4) is 0 Å². The highest BCUT2D eigenvalue weighted by molar-refractivity contribution is 5.94. The molecule has 2 aliphatic heterocycles. The van der Waals surface area contributed by atoms with Crippen molar-refractivity contribution in [1.29, 1.82) is 0 Å². The van der Waals surface area contributed by atoms with Crippen molar-refractivity contribution in [3.05, 3.63) is 23.8 Å². The molecule has 3 amide bonds. The van der Waals surface area contributed by atoms with Gasteiger partial charge in [0.25, 0.3) is 0 Å². The van der Waals surface area contributed by atoms with Crippen molar-refractivity contribution in [1.82, 2.24) is 9.80 Å². The quantitative estimate of drug-likeness (QED) is 0.924. The number of amides is 3. The summed E-state index contributed by atoms with van der Waals surface area (Å²) in [7, 11) is 0. The number of nitrogens with zero attached hydrogens (tertiary/aromatic N) is 3. The fourth-order valence-electron chi connectivity index (χ4n) is 3.42. The predicted molar refractivity (Wildman–Crippen MR) is 95.5 cm³/mol. The molecule has 0 unspecified atom stereocenters. The summed E-state index contributed by atoms with van der Waals surface area (Å²) in [5, 5.41) is 2.92. The third kappa shape index (κ3) is 3.32. The first kappa shape index (κ1) is 16.6. The topological polar surface area (TPSA) is 55.9 Å². The minimum absolute atomic E-state index is 0.0961. The van der Waals surface area contributed by atoms with Gasteiger partial charge < -0.3 is 20.0 Å². The minimum atomic E-state index is 0.0961. The smallest absolute Gasteiger partial charge is 0.320 e. The van der Waals surface area contributed by atoms with Crippen LogP contribution in [0.1, 0.15) is 25.8 Å². The Hall–Kier alpha value is -2.24. The molecule has 2 aliphatic rings. The van der Waals surface area contributed by atoms with Gasteiger partial charge in [0.1, 0.15) is 0 Å². The summed E-state index contributed by atoms with van der Waals surface area (Å²) in [5.74, 6) is 0.0961. The van der Waals surface area contributed by atoms with Crippen LogP contribution in [0.2, 0.25) is 0 Å². The van der Waals surface area contributed by atoms with Crippen LogP contribution in [0, 0.1) is 0 Å². The molecule has 1 N–H and O–H groups in total. The summed E-state index contributed by atoms with van der Waals surface area (Å²) in [6.07, 6.45) is 1.36. The predicted octanol–water partition coefficient (Wildman–Crippen LogP) is 2.16. The van der Waals surface area contributed by atoms with E-state index in [4.69, 9.17) is 0 Å². The highest BCUT2D eigenvalue weighted by atomic mass is 16.2. The first-order valence-electron chi connectivity index (χ1n) is 8.84. The number of fused-ring (bicyclic) bond motifs is 1. The van der Waals surface area contributed by atoms with Crippen LogP contribution >= 0.6 is 0 Å². The maximum atomic E-state index is 12.4. The molecular formula is C18H26N4O2. The van der Waals surface area contributed by atoms with Crippen LogP contribution in [0.5, 0.6) is 0 Å². The van der Waals surface area contributed by atoms with Crippen molar-refractivity contribution >= 4 is 23.3 Å². The average Bonchev–Trinajstić information content (AvgIpc) is 2.62. The number of anilines is 2. The first-order valence-corrected chi connectivity index (χ1v) is 8.84. The number of carbonyl (C=O) groups excluding carboxylic acids is 2. The molecule has 130 valence electrons. The molecule has 1 aromatic carbocycles. The van der Waals surface area contributed by atoms with Gasteiger partial charge >= 0.3 is 6.03 Å². The molecule has 3 rings (SSSR count). The molecule has 0 aliphatic carbocycles. The second-order valence-corrected chi connectivity index (χ2v) is 6.32. The number of piperazine rings is 1. The number of aryl methyl sites for hydroxylation is 1. The van der Waals surface area contributed by atoms with Gasteiger partial charge in [-0.05, 0) is 44.0 Å². The Morgan fingerprint density at radius 1 is 1.12 bits per heavy atom. The SMILES string of the molecule is CCN(CC)C(=O)N1CCN(c2ccc3c(c2)CCC(=O)N3)CC1. The lowest BCUT2D eigenvalue weighted by molar-refractivity contribution is -0.116. The van der Waals surface area contributed by atoms with E-state index in [0.717, 1.165) is 51.4 Å². The van der Waals surface area contributed by atoms with E-state index in [1.807, 2.05) is 29.7 Å². The highest BCUT2D eigenvalue weighted by Crippen LogP contribution is 2.28. The number of carbonyl (C=O) groups is 2. The van der Waals surface area contributed by atoms with Gasteiger partial charge in [0.05, 0.1) is 0 Å². The van der Waals surface area contributed by atoms with E-state index in [2.05, 4.69) is 22.3 Å². The molecule has 1 saturated heterocycles. The number of nitrogens with one attached hydrogen (secondary N) is 1. The molecule has 0 radical (unpaired) electrons. The number of hydrogen-bond acceptors (Lipinski definition) is 3. The lowest BCUT2D eigenvalue weighted by atomic mass is 10.0. The minimum Gasteiger partial charge on any atom is -0.368 e. The third-order valence-electron chi connectivity index (χ3n) is 4.93. The van der Waals surface area contributed by atoms with Crippen molar-refractivity contribution in [3.63, 3.8) is 0 Å². The van der Waals surface area contributed by atoms with E-state index in [1.165, 1.54) is 11.3 Å². The standard InChI is InChI=1S/C18H26N4O2/c1-3-20(4-2)18(24)22-11-9-21(10-12-22)15-6-7-16-14(13-15)5-8-17(23)19-16/h6-7,13H,3-5,8-12H2,1-2H3,(H,19,23). The molecule has 6 heteroatoms. The normalized spacial score (nSPS) is 17.3. The lowest BCUT2D eigenvalue weighted by Crippen LogP contribution is -2.52. The van der Waals surface area contributed by atoms with Gasteiger partial charge in [-0.15, -0.1) is 0 Å². The molecule has 1 fully saturated rings.